The molecule has 0 amide bonds. The molecular formula is C36H44O14. The first-order chi connectivity index (χ1) is 23.4. The van der Waals surface area contributed by atoms with E-state index in [1.54, 1.807) is 91.8 Å². The standard InChI is InChI=1S/C36H44O14/c1-31(2)41-17-35(49-31)27(25-23(15-39-35)45-33(5,6)47-25)43-29(37)21-11-9-20-14-22(12-10-19(20)13-21)30(38)44-28-26-24(46-34(7,8)48-26)16-40-36(28)18-42-32(3,4)50-36/h9-14,23-28H,15-18H2,1-8H3/t23-,24-,25-,26-,27+,28+,35+,36+/m1/s1. The van der Waals surface area contributed by atoms with Crippen LogP contribution in [-0.4, -0.2) is 110 Å². The highest BCUT2D eigenvalue weighted by Crippen LogP contribution is 2.47. The first kappa shape index (κ1) is 34.3. The zero-order chi connectivity index (χ0) is 35.5. The minimum Gasteiger partial charge on any atom is -0.450 e. The van der Waals surface area contributed by atoms with Crippen molar-refractivity contribution in [2.24, 2.45) is 0 Å². The molecule has 0 bridgehead atoms. The van der Waals surface area contributed by atoms with E-state index in [9.17, 15) is 9.59 Å². The molecule has 0 unspecified atom stereocenters. The third-order valence-corrected chi connectivity index (χ3v) is 9.75. The number of hydrogen-bond donors (Lipinski definition) is 0. The second-order valence-electron chi connectivity index (χ2n) is 15.5. The summed E-state index contributed by atoms with van der Waals surface area (Å²) in [6.07, 6.45) is -4.16. The van der Waals surface area contributed by atoms with Crippen LogP contribution in [0.1, 0.15) is 76.1 Å². The summed E-state index contributed by atoms with van der Waals surface area (Å²) in [6, 6.07) is 10.1. The molecule has 8 atom stereocenters. The van der Waals surface area contributed by atoms with Gasteiger partial charge in [-0.15, -0.1) is 0 Å². The van der Waals surface area contributed by atoms with E-state index in [0.717, 1.165) is 0 Å². The molecule has 0 saturated carbocycles. The zero-order valence-electron chi connectivity index (χ0n) is 29.5. The molecule has 6 saturated heterocycles. The first-order valence-corrected chi connectivity index (χ1v) is 17.0. The Morgan fingerprint density at radius 3 is 1.32 bits per heavy atom. The lowest BCUT2D eigenvalue weighted by molar-refractivity contribution is -0.325. The quantitative estimate of drug-likeness (QED) is 0.425. The van der Waals surface area contributed by atoms with Gasteiger partial charge in [-0.05, 0) is 90.4 Å². The van der Waals surface area contributed by atoms with Gasteiger partial charge in [0.1, 0.15) is 37.6 Å². The summed E-state index contributed by atoms with van der Waals surface area (Å²) >= 11 is 0. The molecule has 2 spiro atoms. The van der Waals surface area contributed by atoms with Crippen LogP contribution in [0.4, 0.5) is 0 Å². The van der Waals surface area contributed by atoms with Crippen molar-refractivity contribution in [1.82, 2.24) is 0 Å². The Morgan fingerprint density at radius 1 is 0.560 bits per heavy atom. The maximum atomic E-state index is 13.7. The van der Waals surface area contributed by atoms with Crippen LogP contribution in [0.2, 0.25) is 0 Å². The summed E-state index contributed by atoms with van der Waals surface area (Å²) in [4.78, 5) is 27.4. The van der Waals surface area contributed by atoms with Crippen molar-refractivity contribution in [3.8, 4) is 0 Å². The van der Waals surface area contributed by atoms with Crippen LogP contribution in [-0.2, 0) is 56.8 Å². The van der Waals surface area contributed by atoms with E-state index in [0.29, 0.717) is 10.8 Å². The third-order valence-electron chi connectivity index (χ3n) is 9.75. The van der Waals surface area contributed by atoms with Crippen molar-refractivity contribution in [3.05, 3.63) is 47.5 Å². The summed E-state index contributed by atoms with van der Waals surface area (Å²) < 4.78 is 73.0. The van der Waals surface area contributed by atoms with Crippen LogP contribution in [0.15, 0.2) is 36.4 Å². The van der Waals surface area contributed by atoms with Gasteiger partial charge in [-0.3, -0.25) is 0 Å². The SMILES string of the molecule is CC1(C)O[C@@H]2[C@@H](CO[C@]3(COC(C)(C)O3)[C@H]2OC(=O)c2ccc3cc(C(=O)O[C@H]4[C@@H]5OC(C)(C)O[C@@H]5CO[C@]45COC(C)(C)O5)ccc3c2)O1. The highest BCUT2D eigenvalue weighted by atomic mass is 16.9. The van der Waals surface area contributed by atoms with Gasteiger partial charge in [0.25, 0.3) is 0 Å². The molecular weight excluding hydrogens is 656 g/mol. The Hall–Kier alpha value is -2.76. The summed E-state index contributed by atoms with van der Waals surface area (Å²) in [6.45, 7) is 14.7. The highest BCUT2D eigenvalue weighted by molar-refractivity contribution is 5.99. The fraction of sp³-hybridized carbons (Fsp3) is 0.667. The van der Waals surface area contributed by atoms with E-state index < -0.39 is 83.3 Å². The van der Waals surface area contributed by atoms with Gasteiger partial charge in [0, 0.05) is 0 Å². The van der Waals surface area contributed by atoms with Gasteiger partial charge in [0.2, 0.25) is 11.6 Å². The number of fused-ring (bicyclic) bond motifs is 3. The van der Waals surface area contributed by atoms with Crippen LogP contribution in [0.5, 0.6) is 0 Å². The molecule has 6 aliphatic rings. The summed E-state index contributed by atoms with van der Waals surface area (Å²) in [7, 11) is 0. The number of ether oxygens (including phenoxy) is 12. The van der Waals surface area contributed by atoms with Gasteiger partial charge in [-0.25, -0.2) is 9.59 Å². The predicted octanol–water partition coefficient (Wildman–Crippen LogP) is 3.95. The number of carbonyl (C=O) groups excluding carboxylic acids is 2. The fourth-order valence-corrected chi connectivity index (χ4v) is 7.71. The number of hydrogen-bond acceptors (Lipinski definition) is 14. The number of rotatable bonds is 4. The molecule has 0 aromatic heterocycles. The second kappa shape index (κ2) is 11.4. The number of esters is 2. The Kier molecular flexibility index (Phi) is 7.81. The molecule has 14 heteroatoms. The van der Waals surface area contributed by atoms with E-state index in [1.807, 2.05) is 0 Å². The van der Waals surface area contributed by atoms with Crippen LogP contribution in [0.3, 0.4) is 0 Å². The minimum atomic E-state index is -1.37. The molecule has 14 nitrogen and oxygen atoms in total. The molecule has 2 aromatic carbocycles. The predicted molar refractivity (Wildman–Crippen MR) is 170 cm³/mol. The zero-order valence-corrected chi connectivity index (χ0v) is 29.5. The Bertz CT molecular complexity index is 1580. The molecule has 2 aromatic rings. The van der Waals surface area contributed by atoms with E-state index in [4.69, 9.17) is 56.8 Å². The van der Waals surface area contributed by atoms with Crippen LogP contribution >= 0.6 is 0 Å². The summed E-state index contributed by atoms with van der Waals surface area (Å²) in [5, 5.41) is 1.40. The lowest BCUT2D eigenvalue weighted by atomic mass is 9.96. The van der Waals surface area contributed by atoms with Crippen LogP contribution in [0.25, 0.3) is 10.8 Å². The van der Waals surface area contributed by atoms with Crippen molar-refractivity contribution in [2.75, 3.05) is 26.4 Å². The van der Waals surface area contributed by atoms with Gasteiger partial charge in [-0.2, -0.15) is 0 Å². The molecule has 6 fully saturated rings. The van der Waals surface area contributed by atoms with E-state index in [2.05, 4.69) is 0 Å². The largest absolute Gasteiger partial charge is 0.450 e. The van der Waals surface area contributed by atoms with Gasteiger partial charge in [-0.1, -0.05) is 12.1 Å². The van der Waals surface area contributed by atoms with Gasteiger partial charge < -0.3 is 56.8 Å². The van der Waals surface area contributed by atoms with Gasteiger partial charge in [0.15, 0.2) is 35.4 Å². The average molecular weight is 701 g/mol. The molecule has 272 valence electrons. The monoisotopic (exact) mass is 700 g/mol. The topological polar surface area (TPSA) is 145 Å². The molecule has 8 rings (SSSR count). The van der Waals surface area contributed by atoms with Gasteiger partial charge >= 0.3 is 11.9 Å². The van der Waals surface area contributed by atoms with Crippen molar-refractivity contribution in [3.63, 3.8) is 0 Å². The van der Waals surface area contributed by atoms with Crippen molar-refractivity contribution < 1.29 is 66.4 Å². The second-order valence-corrected chi connectivity index (χ2v) is 15.5. The number of carbonyl (C=O) groups is 2. The maximum absolute atomic E-state index is 13.7. The Labute approximate surface area is 289 Å². The normalized spacial score (nSPS) is 39.0. The Balaban J connectivity index is 1.02. The lowest BCUT2D eigenvalue weighted by Crippen LogP contribution is -2.63. The summed E-state index contributed by atoms with van der Waals surface area (Å²) in [5.74, 6) is -7.66. The third kappa shape index (κ3) is 6.02. The molecule has 0 aliphatic carbocycles. The molecule has 0 radical (unpaired) electrons. The van der Waals surface area contributed by atoms with Crippen LogP contribution < -0.4 is 0 Å². The average Bonchev–Trinajstić information content (AvgIpc) is 3.74. The van der Waals surface area contributed by atoms with Crippen molar-refractivity contribution in [2.45, 2.75) is 127 Å². The van der Waals surface area contributed by atoms with E-state index >= 15 is 0 Å². The van der Waals surface area contributed by atoms with Crippen LogP contribution in [0, 0.1) is 0 Å². The van der Waals surface area contributed by atoms with E-state index in [-0.39, 0.29) is 37.6 Å². The Morgan fingerprint density at radius 2 is 0.960 bits per heavy atom. The molecule has 0 N–H and O–H groups in total. The first-order valence-electron chi connectivity index (χ1n) is 17.0. The molecule has 6 heterocycles. The maximum Gasteiger partial charge on any atom is 0.338 e. The van der Waals surface area contributed by atoms with Gasteiger partial charge in [0.05, 0.1) is 24.3 Å². The van der Waals surface area contributed by atoms with Crippen molar-refractivity contribution in [1.29, 1.82) is 0 Å². The highest BCUT2D eigenvalue weighted by Gasteiger charge is 2.66. The van der Waals surface area contributed by atoms with Crippen molar-refractivity contribution >= 4 is 22.7 Å². The molecule has 50 heavy (non-hydrogen) atoms. The van der Waals surface area contributed by atoms with E-state index in [1.165, 1.54) is 0 Å². The smallest absolute Gasteiger partial charge is 0.338 e. The lowest BCUT2D eigenvalue weighted by Gasteiger charge is -2.43. The fourth-order valence-electron chi connectivity index (χ4n) is 7.71. The molecule has 6 aliphatic heterocycles. The minimum absolute atomic E-state index is 0.0465. The number of benzene rings is 2. The summed E-state index contributed by atoms with van der Waals surface area (Å²) in [5.41, 5.74) is 0.576.